The number of hydrogen-bond donors (Lipinski definition) is 1. The van der Waals surface area contributed by atoms with Crippen LogP contribution in [-0.2, 0) is 0 Å². The van der Waals surface area contributed by atoms with Crippen LogP contribution in [0.1, 0.15) is 23.6 Å². The minimum atomic E-state index is -4.75. The van der Waals surface area contributed by atoms with Gasteiger partial charge in [0.1, 0.15) is 17.8 Å². The molecule has 218 valence electrons. The van der Waals surface area contributed by atoms with Crippen molar-refractivity contribution in [2.24, 2.45) is 10.2 Å². The van der Waals surface area contributed by atoms with Crippen molar-refractivity contribution in [3.63, 3.8) is 0 Å². The fourth-order valence-electron chi connectivity index (χ4n) is 4.52. The van der Waals surface area contributed by atoms with Crippen LogP contribution in [0.2, 0.25) is 0 Å². The SMILES string of the molecule is COc1cc(C)c(N2C(=NN=Cc3ccc(-c4ncn(-c5ccc(OC(F)(F)F)cc5)n4)cc3)SCC2(C)O)c(C)c1. The normalized spacial score (nSPS) is 18.3. The Hall–Kier alpha value is -4.36. The number of aliphatic hydroxyl groups is 1. The summed E-state index contributed by atoms with van der Waals surface area (Å²) in [6.07, 6.45) is -1.66. The van der Waals surface area contributed by atoms with Crippen LogP contribution < -0.4 is 14.4 Å². The summed E-state index contributed by atoms with van der Waals surface area (Å²) in [6.45, 7) is 5.68. The molecule has 1 atom stereocenters. The molecule has 1 N–H and O–H groups in total. The number of amidine groups is 1. The summed E-state index contributed by atoms with van der Waals surface area (Å²) in [7, 11) is 1.62. The third-order valence-corrected chi connectivity index (χ3v) is 7.63. The van der Waals surface area contributed by atoms with Gasteiger partial charge in [0.05, 0.1) is 24.7 Å². The molecule has 1 unspecified atom stereocenters. The van der Waals surface area contributed by atoms with Gasteiger partial charge >= 0.3 is 6.36 Å². The number of ether oxygens (including phenoxy) is 2. The van der Waals surface area contributed by atoms with Crippen LogP contribution in [0.5, 0.6) is 11.5 Å². The zero-order chi connectivity index (χ0) is 30.1. The van der Waals surface area contributed by atoms with Gasteiger partial charge in [0.15, 0.2) is 16.7 Å². The van der Waals surface area contributed by atoms with Crippen molar-refractivity contribution in [1.82, 2.24) is 14.8 Å². The largest absolute Gasteiger partial charge is 0.573 e. The Kier molecular flexibility index (Phi) is 7.97. The Bertz CT molecular complexity index is 1610. The summed E-state index contributed by atoms with van der Waals surface area (Å²) in [5.41, 5.74) is 3.69. The van der Waals surface area contributed by atoms with Gasteiger partial charge in [-0.05, 0) is 73.9 Å². The van der Waals surface area contributed by atoms with E-state index >= 15 is 0 Å². The highest BCUT2D eigenvalue weighted by atomic mass is 32.2. The van der Waals surface area contributed by atoms with E-state index in [1.165, 1.54) is 47.0 Å². The summed E-state index contributed by atoms with van der Waals surface area (Å²) in [5, 5.41) is 24.8. The standard InChI is InChI=1S/C29H27F3N6O3S/c1-18-13-24(40-4)14-19(2)25(18)38-27(42-16-28(38,3)39)35-34-15-20-5-7-21(8-6-20)26-33-17-37(36-26)22-9-11-23(12-10-22)41-29(30,31)32/h5-15,17,39H,16H2,1-4H3. The Labute approximate surface area is 244 Å². The minimum Gasteiger partial charge on any atom is -0.497 e. The molecule has 2 heterocycles. The van der Waals surface area contributed by atoms with E-state index in [0.29, 0.717) is 22.4 Å². The maximum absolute atomic E-state index is 12.4. The summed E-state index contributed by atoms with van der Waals surface area (Å²) in [4.78, 5) is 6.12. The highest BCUT2D eigenvalue weighted by molar-refractivity contribution is 8.14. The number of anilines is 1. The van der Waals surface area contributed by atoms with E-state index in [4.69, 9.17) is 4.74 Å². The molecule has 0 spiro atoms. The van der Waals surface area contributed by atoms with Gasteiger partial charge in [-0.1, -0.05) is 36.0 Å². The molecule has 5 rings (SSSR count). The predicted molar refractivity (Wildman–Crippen MR) is 157 cm³/mol. The van der Waals surface area contributed by atoms with Gasteiger partial charge in [0.2, 0.25) is 0 Å². The van der Waals surface area contributed by atoms with Crippen molar-refractivity contribution < 1.29 is 27.8 Å². The Morgan fingerprint density at radius 2 is 1.69 bits per heavy atom. The molecule has 0 amide bonds. The number of aryl methyl sites for hydroxylation is 2. The first kappa shape index (κ1) is 29.1. The second-order valence-corrected chi connectivity index (χ2v) is 10.7. The molecule has 9 nitrogen and oxygen atoms in total. The lowest BCUT2D eigenvalue weighted by Gasteiger charge is -2.33. The molecular formula is C29H27F3N6O3S. The first-order chi connectivity index (χ1) is 19.9. The van der Waals surface area contributed by atoms with Gasteiger partial charge < -0.3 is 14.6 Å². The lowest BCUT2D eigenvalue weighted by atomic mass is 10.1. The number of aromatic nitrogens is 3. The molecule has 1 aliphatic rings. The molecule has 3 aromatic carbocycles. The predicted octanol–water partition coefficient (Wildman–Crippen LogP) is 6.11. The first-order valence-electron chi connectivity index (χ1n) is 12.7. The number of methoxy groups -OCH3 is 1. The zero-order valence-corrected chi connectivity index (χ0v) is 23.9. The molecule has 1 fully saturated rings. The molecule has 4 aromatic rings. The third kappa shape index (κ3) is 6.42. The first-order valence-corrected chi connectivity index (χ1v) is 13.7. The van der Waals surface area contributed by atoms with E-state index in [9.17, 15) is 18.3 Å². The monoisotopic (exact) mass is 596 g/mol. The average molecular weight is 597 g/mol. The van der Waals surface area contributed by atoms with E-state index < -0.39 is 12.1 Å². The van der Waals surface area contributed by atoms with Crippen LogP contribution in [-0.4, -0.2) is 56.2 Å². The number of nitrogens with zero attached hydrogens (tertiary/aromatic N) is 6. The number of hydrogen-bond acceptors (Lipinski definition) is 8. The number of rotatable bonds is 7. The quantitative estimate of drug-likeness (QED) is 0.203. The third-order valence-electron chi connectivity index (χ3n) is 6.42. The minimum absolute atomic E-state index is 0.315. The molecule has 0 radical (unpaired) electrons. The maximum atomic E-state index is 12.4. The van der Waals surface area contributed by atoms with Gasteiger partial charge in [-0.25, -0.2) is 9.67 Å². The maximum Gasteiger partial charge on any atom is 0.573 e. The van der Waals surface area contributed by atoms with Crippen LogP contribution in [0.3, 0.4) is 0 Å². The molecule has 0 bridgehead atoms. The molecule has 1 aromatic heterocycles. The van der Waals surface area contributed by atoms with Crippen molar-refractivity contribution in [1.29, 1.82) is 0 Å². The molecule has 13 heteroatoms. The van der Waals surface area contributed by atoms with Crippen molar-refractivity contribution in [3.05, 3.63) is 83.7 Å². The smallest absolute Gasteiger partial charge is 0.497 e. The van der Waals surface area contributed by atoms with Crippen molar-refractivity contribution in [3.8, 4) is 28.6 Å². The number of thioether (sulfide) groups is 1. The summed E-state index contributed by atoms with van der Waals surface area (Å²) in [5.74, 6) is 1.31. The van der Waals surface area contributed by atoms with E-state index in [-0.39, 0.29) is 5.75 Å². The lowest BCUT2D eigenvalue weighted by Crippen LogP contribution is -2.45. The second-order valence-electron chi connectivity index (χ2n) is 9.75. The highest BCUT2D eigenvalue weighted by Crippen LogP contribution is 2.40. The fraction of sp³-hybridized carbons (Fsp3) is 0.241. The Morgan fingerprint density at radius 1 is 1.02 bits per heavy atom. The van der Waals surface area contributed by atoms with Gasteiger partial charge in [0, 0.05) is 11.3 Å². The number of benzene rings is 3. The van der Waals surface area contributed by atoms with Crippen LogP contribution in [0.4, 0.5) is 18.9 Å². The summed E-state index contributed by atoms with van der Waals surface area (Å²) in [6, 6.07) is 16.5. The van der Waals surface area contributed by atoms with E-state index in [1.807, 2.05) is 50.2 Å². The topological polar surface area (TPSA) is 97.4 Å². The average Bonchev–Trinajstić information content (AvgIpc) is 3.53. The van der Waals surface area contributed by atoms with Crippen LogP contribution in [0, 0.1) is 13.8 Å². The Balaban J connectivity index is 1.30. The zero-order valence-electron chi connectivity index (χ0n) is 23.1. The lowest BCUT2D eigenvalue weighted by molar-refractivity contribution is -0.274. The highest BCUT2D eigenvalue weighted by Gasteiger charge is 2.42. The molecule has 0 saturated carbocycles. The van der Waals surface area contributed by atoms with Gasteiger partial charge in [0.25, 0.3) is 0 Å². The van der Waals surface area contributed by atoms with E-state index in [1.54, 1.807) is 25.1 Å². The van der Waals surface area contributed by atoms with Crippen LogP contribution >= 0.6 is 11.8 Å². The van der Waals surface area contributed by atoms with Crippen LogP contribution in [0.25, 0.3) is 17.1 Å². The molecule has 0 aliphatic carbocycles. The van der Waals surface area contributed by atoms with E-state index in [2.05, 4.69) is 25.0 Å². The van der Waals surface area contributed by atoms with Gasteiger partial charge in [-0.15, -0.1) is 23.4 Å². The van der Waals surface area contributed by atoms with Crippen molar-refractivity contribution >= 4 is 28.8 Å². The molecule has 1 saturated heterocycles. The summed E-state index contributed by atoms with van der Waals surface area (Å²) < 4.78 is 47.9. The van der Waals surface area contributed by atoms with Crippen LogP contribution in [0.15, 0.2) is 77.2 Å². The Morgan fingerprint density at radius 3 is 2.31 bits per heavy atom. The molecular weight excluding hydrogens is 569 g/mol. The van der Waals surface area contributed by atoms with Gasteiger partial charge in [-0.3, -0.25) is 4.90 Å². The summed E-state index contributed by atoms with van der Waals surface area (Å²) >= 11 is 1.42. The second kappa shape index (κ2) is 11.5. The van der Waals surface area contributed by atoms with Crippen molar-refractivity contribution in [2.75, 3.05) is 17.8 Å². The van der Waals surface area contributed by atoms with Gasteiger partial charge in [-0.2, -0.15) is 5.10 Å². The number of alkyl halides is 3. The van der Waals surface area contributed by atoms with Crippen molar-refractivity contribution in [2.45, 2.75) is 32.9 Å². The molecule has 42 heavy (non-hydrogen) atoms. The van der Waals surface area contributed by atoms with E-state index in [0.717, 1.165) is 33.7 Å². The molecule has 1 aliphatic heterocycles. The number of halogens is 3. The fourth-order valence-corrected chi connectivity index (χ4v) is 5.57.